The summed E-state index contributed by atoms with van der Waals surface area (Å²) < 4.78 is 5.51. The van der Waals surface area contributed by atoms with Gasteiger partial charge in [-0.15, -0.1) is 0 Å². The zero-order valence-corrected chi connectivity index (χ0v) is 13.5. The van der Waals surface area contributed by atoms with E-state index in [2.05, 4.69) is 16.3 Å². The second-order valence-electron chi connectivity index (χ2n) is 5.89. The normalized spacial score (nSPS) is 18.5. The zero-order chi connectivity index (χ0) is 15.9. The molecule has 5 heteroatoms. The fourth-order valence-electron chi connectivity index (χ4n) is 2.97. The summed E-state index contributed by atoms with van der Waals surface area (Å²) in [6.45, 7) is 4.36. The van der Waals surface area contributed by atoms with Gasteiger partial charge in [0.15, 0.2) is 0 Å². The van der Waals surface area contributed by atoms with E-state index < -0.39 is 6.04 Å². The maximum Gasteiger partial charge on any atom is 0.236 e. The molecule has 3 N–H and O–H groups in total. The summed E-state index contributed by atoms with van der Waals surface area (Å²) in [5.74, 6) is 0.755. The summed E-state index contributed by atoms with van der Waals surface area (Å²) in [5.41, 5.74) is 6.77. The number of piperidine rings is 1. The van der Waals surface area contributed by atoms with Crippen LogP contribution in [0.3, 0.4) is 0 Å². The first-order chi connectivity index (χ1) is 10.6. The lowest BCUT2D eigenvalue weighted by Gasteiger charge is -2.35. The molecule has 2 unspecified atom stereocenters. The van der Waals surface area contributed by atoms with Crippen molar-refractivity contribution in [1.82, 2.24) is 10.2 Å². The lowest BCUT2D eigenvalue weighted by Crippen LogP contribution is -2.44. The van der Waals surface area contributed by atoms with Gasteiger partial charge in [0.1, 0.15) is 5.75 Å². The van der Waals surface area contributed by atoms with Crippen LogP contribution in [0.5, 0.6) is 5.75 Å². The largest absolute Gasteiger partial charge is 0.496 e. The average Bonchev–Trinajstić information content (AvgIpc) is 2.56. The third-order valence-corrected chi connectivity index (χ3v) is 4.21. The van der Waals surface area contributed by atoms with Gasteiger partial charge in [-0.2, -0.15) is 0 Å². The number of carbonyl (C=O) groups is 1. The van der Waals surface area contributed by atoms with Crippen molar-refractivity contribution < 1.29 is 9.53 Å². The Hall–Kier alpha value is -1.59. The Morgan fingerprint density at radius 2 is 2.00 bits per heavy atom. The van der Waals surface area contributed by atoms with Gasteiger partial charge in [0.05, 0.1) is 19.2 Å². The summed E-state index contributed by atoms with van der Waals surface area (Å²) in [6.07, 6.45) is 3.68. The maximum absolute atomic E-state index is 11.8. The Morgan fingerprint density at radius 3 is 2.64 bits per heavy atom. The standard InChI is InChI=1S/C17H27N3O2/c1-13(18)17(21)19-12-15(20-10-6-3-7-11-20)14-8-4-5-9-16(14)22-2/h4-5,8-9,13,15H,3,6-7,10-12,18H2,1-2H3,(H,19,21). The smallest absolute Gasteiger partial charge is 0.236 e. The number of nitrogens with zero attached hydrogens (tertiary/aromatic N) is 1. The van der Waals surface area contributed by atoms with Gasteiger partial charge >= 0.3 is 0 Å². The van der Waals surface area contributed by atoms with E-state index in [0.717, 1.165) is 24.4 Å². The molecule has 5 nitrogen and oxygen atoms in total. The molecular formula is C17H27N3O2. The molecular weight excluding hydrogens is 278 g/mol. The van der Waals surface area contributed by atoms with E-state index in [1.54, 1.807) is 14.0 Å². The van der Waals surface area contributed by atoms with Gasteiger partial charge in [-0.1, -0.05) is 24.6 Å². The Morgan fingerprint density at radius 1 is 1.32 bits per heavy atom. The molecule has 1 heterocycles. The van der Waals surface area contributed by atoms with E-state index >= 15 is 0 Å². The minimum atomic E-state index is -0.486. The molecule has 1 amide bonds. The molecule has 1 fully saturated rings. The van der Waals surface area contributed by atoms with Gasteiger partial charge < -0.3 is 15.8 Å². The topological polar surface area (TPSA) is 67.6 Å². The first-order valence-electron chi connectivity index (χ1n) is 8.03. The average molecular weight is 305 g/mol. The van der Waals surface area contributed by atoms with Crippen molar-refractivity contribution in [3.8, 4) is 5.75 Å². The van der Waals surface area contributed by atoms with Crippen LogP contribution >= 0.6 is 0 Å². The summed E-state index contributed by atoms with van der Waals surface area (Å²) >= 11 is 0. The van der Waals surface area contributed by atoms with Gasteiger partial charge in [-0.05, 0) is 38.9 Å². The second-order valence-corrected chi connectivity index (χ2v) is 5.89. The van der Waals surface area contributed by atoms with E-state index in [1.807, 2.05) is 18.2 Å². The molecule has 1 saturated heterocycles. The van der Waals surface area contributed by atoms with E-state index in [1.165, 1.54) is 19.3 Å². The zero-order valence-electron chi connectivity index (χ0n) is 13.5. The van der Waals surface area contributed by atoms with Gasteiger partial charge in [-0.3, -0.25) is 9.69 Å². The van der Waals surface area contributed by atoms with Crippen molar-refractivity contribution in [3.05, 3.63) is 29.8 Å². The second kappa shape index (κ2) is 8.15. The lowest BCUT2D eigenvalue weighted by atomic mass is 10.0. The highest BCUT2D eigenvalue weighted by molar-refractivity contribution is 5.81. The van der Waals surface area contributed by atoms with Crippen molar-refractivity contribution in [1.29, 1.82) is 0 Å². The first-order valence-corrected chi connectivity index (χ1v) is 8.03. The van der Waals surface area contributed by atoms with Crippen LogP contribution in [-0.4, -0.2) is 43.6 Å². The number of benzene rings is 1. The number of para-hydroxylation sites is 1. The fraction of sp³-hybridized carbons (Fsp3) is 0.588. The SMILES string of the molecule is COc1ccccc1C(CNC(=O)C(C)N)N1CCCCC1. The highest BCUT2D eigenvalue weighted by atomic mass is 16.5. The highest BCUT2D eigenvalue weighted by Gasteiger charge is 2.25. The van der Waals surface area contributed by atoms with Crippen molar-refractivity contribution in [3.63, 3.8) is 0 Å². The fourth-order valence-corrected chi connectivity index (χ4v) is 2.97. The number of hydrogen-bond acceptors (Lipinski definition) is 4. The highest BCUT2D eigenvalue weighted by Crippen LogP contribution is 2.30. The number of hydrogen-bond donors (Lipinski definition) is 2. The van der Waals surface area contributed by atoms with Crippen LogP contribution < -0.4 is 15.8 Å². The maximum atomic E-state index is 11.8. The number of nitrogens with one attached hydrogen (secondary N) is 1. The quantitative estimate of drug-likeness (QED) is 0.839. The number of ether oxygens (including phenoxy) is 1. The predicted octanol–water partition coefficient (Wildman–Crippen LogP) is 1.69. The van der Waals surface area contributed by atoms with Crippen LogP contribution in [-0.2, 0) is 4.79 Å². The van der Waals surface area contributed by atoms with Crippen LogP contribution in [0, 0.1) is 0 Å². The number of nitrogens with two attached hydrogens (primary N) is 1. The summed E-state index contributed by atoms with van der Waals surface area (Å²) in [4.78, 5) is 14.3. The third-order valence-electron chi connectivity index (χ3n) is 4.21. The van der Waals surface area contributed by atoms with Gasteiger partial charge in [-0.25, -0.2) is 0 Å². The molecule has 2 rings (SSSR count). The summed E-state index contributed by atoms with van der Waals surface area (Å²) in [6, 6.07) is 7.67. The van der Waals surface area contributed by atoms with Crippen molar-refractivity contribution in [2.75, 3.05) is 26.7 Å². The molecule has 0 spiro atoms. The molecule has 0 bridgehead atoms. The first kappa shape index (κ1) is 16.8. The Kier molecular flexibility index (Phi) is 6.21. The molecule has 2 atom stereocenters. The summed E-state index contributed by atoms with van der Waals surface area (Å²) in [5, 5.41) is 2.97. The Labute approximate surface area is 132 Å². The number of likely N-dealkylation sites (tertiary alicyclic amines) is 1. The predicted molar refractivity (Wildman–Crippen MR) is 87.8 cm³/mol. The molecule has 0 aliphatic carbocycles. The molecule has 1 aromatic carbocycles. The van der Waals surface area contributed by atoms with E-state index in [-0.39, 0.29) is 11.9 Å². The number of amides is 1. The third kappa shape index (κ3) is 4.21. The van der Waals surface area contributed by atoms with Crippen molar-refractivity contribution in [2.45, 2.75) is 38.3 Å². The molecule has 1 aromatic rings. The molecule has 0 aromatic heterocycles. The van der Waals surface area contributed by atoms with Crippen LogP contribution in [0.15, 0.2) is 24.3 Å². The van der Waals surface area contributed by atoms with Gasteiger partial charge in [0, 0.05) is 12.1 Å². The number of methoxy groups -OCH3 is 1. The molecule has 0 saturated carbocycles. The monoisotopic (exact) mass is 305 g/mol. The Bertz CT molecular complexity index is 485. The molecule has 1 aliphatic heterocycles. The van der Waals surface area contributed by atoms with E-state index in [0.29, 0.717) is 6.54 Å². The van der Waals surface area contributed by atoms with Crippen LogP contribution in [0.2, 0.25) is 0 Å². The number of carbonyl (C=O) groups excluding carboxylic acids is 1. The van der Waals surface area contributed by atoms with Crippen LogP contribution in [0.25, 0.3) is 0 Å². The van der Waals surface area contributed by atoms with Crippen LogP contribution in [0.4, 0.5) is 0 Å². The molecule has 0 radical (unpaired) electrons. The van der Waals surface area contributed by atoms with E-state index in [4.69, 9.17) is 10.5 Å². The minimum absolute atomic E-state index is 0.114. The van der Waals surface area contributed by atoms with Gasteiger partial charge in [0.2, 0.25) is 5.91 Å². The van der Waals surface area contributed by atoms with Crippen molar-refractivity contribution in [2.24, 2.45) is 5.73 Å². The lowest BCUT2D eigenvalue weighted by molar-refractivity contribution is -0.122. The minimum Gasteiger partial charge on any atom is -0.496 e. The number of rotatable bonds is 6. The van der Waals surface area contributed by atoms with Crippen LogP contribution in [0.1, 0.15) is 37.8 Å². The van der Waals surface area contributed by atoms with Crippen molar-refractivity contribution >= 4 is 5.91 Å². The molecule has 122 valence electrons. The molecule has 1 aliphatic rings. The Balaban J connectivity index is 2.18. The molecule has 22 heavy (non-hydrogen) atoms. The van der Waals surface area contributed by atoms with Gasteiger partial charge in [0.25, 0.3) is 0 Å². The summed E-state index contributed by atoms with van der Waals surface area (Å²) in [7, 11) is 1.69. The van der Waals surface area contributed by atoms with E-state index in [9.17, 15) is 4.79 Å².